The third kappa shape index (κ3) is 40.0. The number of hydrogen-bond acceptors (Lipinski definition) is 9. The van der Waals surface area contributed by atoms with Crippen LogP contribution in [0.4, 0.5) is 0 Å². The molecule has 0 bridgehead atoms. The molecule has 0 aliphatic heterocycles. The minimum absolute atomic E-state index is 0.0840. The predicted molar refractivity (Wildman–Crippen MR) is 229 cm³/mol. The van der Waals surface area contributed by atoms with Gasteiger partial charge in [0.15, 0.2) is 6.10 Å². The highest BCUT2D eigenvalue weighted by Crippen LogP contribution is 2.36. The van der Waals surface area contributed by atoms with Gasteiger partial charge in [-0.05, 0) is 57.8 Å². The summed E-state index contributed by atoms with van der Waals surface area (Å²) >= 11 is 0. The molecule has 0 saturated heterocycles. The Morgan fingerprint density at radius 1 is 0.596 bits per heavy atom. The van der Waals surface area contributed by atoms with Crippen LogP contribution in [0.15, 0.2) is 72.9 Å². The summed E-state index contributed by atoms with van der Waals surface area (Å²) in [5, 5.41) is 30.3. The van der Waals surface area contributed by atoms with Crippen LogP contribution in [0.25, 0.3) is 0 Å². The van der Waals surface area contributed by atoms with Gasteiger partial charge in [0.05, 0.1) is 24.9 Å². The van der Waals surface area contributed by atoms with Crippen molar-refractivity contribution in [2.45, 2.75) is 186 Å². The Bertz CT molecular complexity index is 1200. The third-order valence-electron chi connectivity index (χ3n) is 9.05. The van der Waals surface area contributed by atoms with Crippen molar-refractivity contribution >= 4 is 19.8 Å². The van der Waals surface area contributed by atoms with Gasteiger partial charge in [-0.3, -0.25) is 14.1 Å². The summed E-state index contributed by atoms with van der Waals surface area (Å²) in [7, 11) is -4.86. The smallest absolute Gasteiger partial charge is 0.462 e. The van der Waals surface area contributed by atoms with Crippen LogP contribution in [0.1, 0.15) is 162 Å². The fraction of sp³-hybridized carbons (Fsp3) is 0.689. The molecule has 0 spiro atoms. The number of aliphatic hydroxyl groups excluding tert-OH is 3. The molecule has 0 aliphatic rings. The Labute approximate surface area is 344 Å². The second-order valence-electron chi connectivity index (χ2n) is 14.5. The fourth-order valence-corrected chi connectivity index (χ4v) is 6.07. The largest absolute Gasteiger partial charge is 0.469 e. The minimum atomic E-state index is -4.86. The summed E-state index contributed by atoms with van der Waals surface area (Å²) in [4.78, 5) is 42.9. The number of carbonyl (C=O) groups is 2. The first-order valence-corrected chi connectivity index (χ1v) is 23.1. The summed E-state index contributed by atoms with van der Waals surface area (Å²) in [6.07, 6.45) is 40.0. The molecule has 0 fully saturated rings. The molecule has 0 aromatic carbocycles. The van der Waals surface area contributed by atoms with Crippen LogP contribution >= 0.6 is 7.82 Å². The molecule has 11 nitrogen and oxygen atoms in total. The Hall–Kier alpha value is -2.63. The fourth-order valence-electron chi connectivity index (χ4n) is 5.71. The zero-order valence-corrected chi connectivity index (χ0v) is 35.9. The Balaban J connectivity index is 4.22. The van der Waals surface area contributed by atoms with Crippen LogP contribution in [0, 0.1) is 0 Å². The van der Waals surface area contributed by atoms with Crippen molar-refractivity contribution in [1.82, 2.24) is 0 Å². The topological polar surface area (TPSA) is 180 Å². The van der Waals surface area contributed by atoms with Crippen LogP contribution in [0.3, 0.4) is 0 Å². The summed E-state index contributed by atoms with van der Waals surface area (Å²) in [6.45, 7) is 3.20. The maximum atomic E-state index is 12.4. The van der Waals surface area contributed by atoms with Gasteiger partial charge in [-0.25, -0.2) is 4.57 Å². The molecule has 0 aromatic rings. The normalized spacial score (nSPS) is 14.9. The highest BCUT2D eigenvalue weighted by molar-refractivity contribution is 7.46. The van der Waals surface area contributed by atoms with Gasteiger partial charge in [-0.15, -0.1) is 0 Å². The number of phosphoric acid groups is 1. The monoisotopic (exact) mass is 825 g/mol. The van der Waals surface area contributed by atoms with Crippen molar-refractivity contribution in [3.63, 3.8) is 0 Å². The first kappa shape index (κ1) is 54.4. The van der Waals surface area contributed by atoms with Gasteiger partial charge in [0.2, 0.25) is 0 Å². The highest BCUT2D eigenvalue weighted by atomic mass is 31.2. The maximum Gasteiger partial charge on any atom is 0.469 e. The minimum Gasteiger partial charge on any atom is -0.462 e. The van der Waals surface area contributed by atoms with E-state index in [2.05, 4.69) is 23.6 Å². The van der Waals surface area contributed by atoms with E-state index in [0.717, 1.165) is 25.7 Å². The molecule has 0 saturated carbocycles. The Morgan fingerprint density at radius 3 is 1.70 bits per heavy atom. The molecule has 0 aromatic heterocycles. The molecule has 0 unspecified atom stereocenters. The molecule has 0 amide bonds. The van der Waals surface area contributed by atoms with Gasteiger partial charge in [0.1, 0.15) is 6.61 Å². The number of hydrogen-bond donors (Lipinski definition) is 5. The van der Waals surface area contributed by atoms with E-state index in [4.69, 9.17) is 19.3 Å². The van der Waals surface area contributed by atoms with Gasteiger partial charge in [0.25, 0.3) is 0 Å². The van der Waals surface area contributed by atoms with Crippen molar-refractivity contribution in [2.75, 3.05) is 13.2 Å². The van der Waals surface area contributed by atoms with E-state index >= 15 is 0 Å². The second kappa shape index (κ2) is 38.9. The van der Waals surface area contributed by atoms with Gasteiger partial charge >= 0.3 is 19.8 Å². The van der Waals surface area contributed by atoms with Crippen LogP contribution in [-0.2, 0) is 28.2 Å². The van der Waals surface area contributed by atoms with E-state index in [9.17, 15) is 29.5 Å². The molecule has 0 heterocycles. The van der Waals surface area contributed by atoms with Gasteiger partial charge in [-0.2, -0.15) is 0 Å². The SMILES string of the molecule is CC/C=C\C[C@H](O)/C=C/C=C/C=C\C=C/[C@@H](O)[C@H](O)CCCC(=O)O[C@H](COC(=O)CCCCCCCCCCC/C=C\CCCCCCCC)COP(=O)(O)O. The lowest BCUT2D eigenvalue weighted by Gasteiger charge is -2.19. The first-order chi connectivity index (χ1) is 27.5. The molecule has 0 aliphatic carbocycles. The molecule has 0 rings (SSSR count). The number of unbranched alkanes of at least 4 members (excludes halogenated alkanes) is 15. The van der Waals surface area contributed by atoms with E-state index in [1.165, 1.54) is 89.5 Å². The Kier molecular flexibility index (Phi) is 37.1. The molecular weight excluding hydrogens is 747 g/mol. The number of allylic oxidation sites excluding steroid dienone is 9. The summed E-state index contributed by atoms with van der Waals surface area (Å²) < 4.78 is 26.2. The number of phosphoric ester groups is 1. The van der Waals surface area contributed by atoms with Gasteiger partial charge in [-0.1, -0.05) is 164 Å². The van der Waals surface area contributed by atoms with Crippen LogP contribution in [0.2, 0.25) is 0 Å². The van der Waals surface area contributed by atoms with Crippen LogP contribution in [0.5, 0.6) is 0 Å². The second-order valence-corrected chi connectivity index (χ2v) is 15.7. The quantitative estimate of drug-likeness (QED) is 0.0131. The Morgan fingerprint density at radius 2 is 1.12 bits per heavy atom. The number of esters is 2. The van der Waals surface area contributed by atoms with Gasteiger partial charge in [0, 0.05) is 12.8 Å². The van der Waals surface area contributed by atoms with Crippen molar-refractivity contribution in [1.29, 1.82) is 0 Å². The molecule has 4 atom stereocenters. The molecule has 5 N–H and O–H groups in total. The lowest BCUT2D eigenvalue weighted by molar-refractivity contribution is -0.161. The average Bonchev–Trinajstić information content (AvgIpc) is 3.17. The molecular formula is C45H77O11P. The molecule has 328 valence electrons. The lowest BCUT2D eigenvalue weighted by atomic mass is 10.1. The third-order valence-corrected chi connectivity index (χ3v) is 9.54. The number of carbonyl (C=O) groups excluding carboxylic acids is 2. The zero-order valence-electron chi connectivity index (χ0n) is 35.0. The number of rotatable bonds is 38. The lowest BCUT2D eigenvalue weighted by Crippen LogP contribution is -2.29. The van der Waals surface area contributed by atoms with Crippen molar-refractivity contribution in [3.05, 3.63) is 72.9 Å². The first-order valence-electron chi connectivity index (χ1n) is 21.6. The van der Waals surface area contributed by atoms with E-state index in [1.54, 1.807) is 42.5 Å². The van der Waals surface area contributed by atoms with Crippen LogP contribution in [-0.4, -0.2) is 74.7 Å². The standard InChI is InChI=1S/C45H77O11P/c1-3-5-7-8-9-10-11-12-13-14-15-16-17-18-19-20-21-26-30-36-44(49)54-38-41(39-55-57(51,52)53)56-45(50)37-31-35-43(48)42(47)34-29-25-23-22-24-28-33-40(46)32-27-6-4-2/h6,12-13,22-25,27-29,33-34,40-43,46-48H,3-5,7-11,14-21,26,30-32,35-39H2,1-2H3,(H2,51,52,53)/b13-12-,24-22+,25-23-,27-6-,33-28+,34-29-/t40-,41+,42+,43+/m0/s1. The molecule has 0 radical (unpaired) electrons. The summed E-state index contributed by atoms with van der Waals surface area (Å²) in [5.41, 5.74) is 0. The van der Waals surface area contributed by atoms with E-state index < -0.39 is 57.4 Å². The van der Waals surface area contributed by atoms with E-state index in [1.807, 2.05) is 19.1 Å². The number of ether oxygens (including phenoxy) is 2. The van der Waals surface area contributed by atoms with Crippen LogP contribution < -0.4 is 0 Å². The summed E-state index contributed by atoms with van der Waals surface area (Å²) in [6, 6.07) is 0. The van der Waals surface area contributed by atoms with Gasteiger partial charge < -0.3 is 34.6 Å². The number of aliphatic hydroxyl groups is 3. The van der Waals surface area contributed by atoms with E-state index in [-0.39, 0.29) is 25.7 Å². The highest BCUT2D eigenvalue weighted by Gasteiger charge is 2.23. The predicted octanol–water partition coefficient (Wildman–Crippen LogP) is 9.98. The zero-order chi connectivity index (χ0) is 42.2. The molecule has 57 heavy (non-hydrogen) atoms. The molecule has 12 heteroatoms. The maximum absolute atomic E-state index is 12.4. The van der Waals surface area contributed by atoms with Crippen molar-refractivity contribution in [3.8, 4) is 0 Å². The summed E-state index contributed by atoms with van der Waals surface area (Å²) in [5.74, 6) is -1.22. The van der Waals surface area contributed by atoms with Crippen molar-refractivity contribution < 1.29 is 53.3 Å². The van der Waals surface area contributed by atoms with Crippen molar-refractivity contribution in [2.24, 2.45) is 0 Å². The van der Waals surface area contributed by atoms with E-state index in [0.29, 0.717) is 12.8 Å². The average molecular weight is 825 g/mol.